The quantitative estimate of drug-likeness (QED) is 0.797. The Morgan fingerprint density at radius 1 is 1.41 bits per heavy atom. The third-order valence-corrected chi connectivity index (χ3v) is 3.98. The maximum atomic E-state index is 12.2. The Hall–Kier alpha value is -1.75. The van der Waals surface area contributed by atoms with Crippen molar-refractivity contribution in [2.24, 2.45) is 5.41 Å². The van der Waals surface area contributed by atoms with Crippen molar-refractivity contribution in [3.05, 3.63) is 29.8 Å². The van der Waals surface area contributed by atoms with Gasteiger partial charge in [0.2, 0.25) is 0 Å². The molecule has 1 aromatic rings. The normalized spacial score (nSPS) is 18.8. The van der Waals surface area contributed by atoms with Crippen LogP contribution in [0.25, 0.3) is 0 Å². The lowest BCUT2D eigenvalue weighted by molar-refractivity contribution is 0.181. The lowest BCUT2D eigenvalue weighted by Crippen LogP contribution is -2.53. The second-order valence-corrected chi connectivity index (χ2v) is 6.87. The third kappa shape index (κ3) is 4.37. The van der Waals surface area contributed by atoms with Crippen molar-refractivity contribution in [2.45, 2.75) is 45.7 Å². The number of carbonyl (C=O) groups excluding carboxylic acids is 1. The number of fused-ring (bicyclic) bond motifs is 1. The zero-order valence-electron chi connectivity index (χ0n) is 13.6. The minimum Gasteiger partial charge on any atom is -0.491 e. The van der Waals surface area contributed by atoms with Gasteiger partial charge in [-0.2, -0.15) is 0 Å². The van der Waals surface area contributed by atoms with Crippen LogP contribution < -0.4 is 15.4 Å². The number of amides is 2. The molecule has 0 radical (unpaired) electrons. The molecular formula is C17H26N2O3. The highest BCUT2D eigenvalue weighted by molar-refractivity contribution is 5.74. The summed E-state index contributed by atoms with van der Waals surface area (Å²) in [5, 5.41) is 15.1. The van der Waals surface area contributed by atoms with E-state index in [1.165, 1.54) is 0 Å². The Morgan fingerprint density at radius 2 is 2.14 bits per heavy atom. The Labute approximate surface area is 132 Å². The lowest BCUT2D eigenvalue weighted by Gasteiger charge is -2.32. The topological polar surface area (TPSA) is 70.6 Å². The number of rotatable bonds is 4. The monoisotopic (exact) mass is 306 g/mol. The molecule has 5 heteroatoms. The molecule has 1 aromatic carbocycles. The Kier molecular flexibility index (Phi) is 5.29. The lowest BCUT2D eigenvalue weighted by atomic mass is 9.85. The van der Waals surface area contributed by atoms with E-state index in [0.717, 1.165) is 17.7 Å². The van der Waals surface area contributed by atoms with Gasteiger partial charge in [0.05, 0.1) is 6.04 Å². The number of aliphatic hydroxyl groups excluding tert-OH is 1. The van der Waals surface area contributed by atoms with E-state index in [0.29, 0.717) is 13.0 Å². The van der Waals surface area contributed by atoms with Crippen LogP contribution in [0.15, 0.2) is 24.3 Å². The van der Waals surface area contributed by atoms with E-state index in [1.54, 1.807) is 0 Å². The smallest absolute Gasteiger partial charge is 0.315 e. The van der Waals surface area contributed by atoms with Crippen LogP contribution in [0.3, 0.4) is 0 Å². The largest absolute Gasteiger partial charge is 0.491 e. The molecule has 0 aliphatic carbocycles. The first kappa shape index (κ1) is 16.6. The molecule has 3 N–H and O–H groups in total. The molecule has 5 nitrogen and oxygen atoms in total. The maximum absolute atomic E-state index is 12.2. The van der Waals surface area contributed by atoms with E-state index in [1.807, 2.05) is 45.0 Å². The van der Waals surface area contributed by atoms with E-state index < -0.39 is 0 Å². The Balaban J connectivity index is 1.90. The summed E-state index contributed by atoms with van der Waals surface area (Å²) < 4.78 is 5.67. The van der Waals surface area contributed by atoms with Crippen LogP contribution in [-0.2, 0) is 6.42 Å². The summed E-state index contributed by atoms with van der Waals surface area (Å²) in [6.07, 6.45) is 1.31. The van der Waals surface area contributed by atoms with Crippen molar-refractivity contribution in [3.63, 3.8) is 0 Å². The second kappa shape index (κ2) is 7.01. The highest BCUT2D eigenvalue weighted by Crippen LogP contribution is 2.24. The molecule has 1 aliphatic rings. The number of aliphatic hydroxyl groups is 1. The highest BCUT2D eigenvalue weighted by atomic mass is 16.5. The number of hydrogen-bond acceptors (Lipinski definition) is 3. The van der Waals surface area contributed by atoms with Crippen LogP contribution in [0.4, 0.5) is 4.79 Å². The fraction of sp³-hybridized carbons (Fsp3) is 0.588. The van der Waals surface area contributed by atoms with Gasteiger partial charge in [0, 0.05) is 12.6 Å². The molecule has 2 unspecified atom stereocenters. The molecule has 0 saturated heterocycles. The predicted octanol–water partition coefficient (Wildman–Crippen LogP) is 2.09. The standard InChI is InChI=1S/C17H26N2O3/c1-17(2,3)15(8-9-20)19-16(21)18-13-10-12-6-4-5-7-14(12)22-11-13/h4-7,13,15,20H,8-11H2,1-3H3,(H2,18,19,21). The van der Waals surface area contributed by atoms with Gasteiger partial charge in [0.1, 0.15) is 12.4 Å². The number of hydrogen-bond donors (Lipinski definition) is 3. The summed E-state index contributed by atoms with van der Waals surface area (Å²) in [7, 11) is 0. The van der Waals surface area contributed by atoms with Crippen molar-refractivity contribution in [3.8, 4) is 5.75 Å². The van der Waals surface area contributed by atoms with Crippen LogP contribution >= 0.6 is 0 Å². The Bertz CT molecular complexity index is 511. The van der Waals surface area contributed by atoms with Gasteiger partial charge in [-0.1, -0.05) is 39.0 Å². The number of benzene rings is 1. The van der Waals surface area contributed by atoms with Crippen LogP contribution in [-0.4, -0.2) is 36.4 Å². The molecule has 1 heterocycles. The second-order valence-electron chi connectivity index (χ2n) is 6.87. The van der Waals surface area contributed by atoms with Gasteiger partial charge in [0.25, 0.3) is 0 Å². The molecule has 22 heavy (non-hydrogen) atoms. The minimum absolute atomic E-state index is 0.0374. The Morgan fingerprint density at radius 3 is 2.82 bits per heavy atom. The minimum atomic E-state index is -0.207. The van der Waals surface area contributed by atoms with Crippen LogP contribution in [0.2, 0.25) is 0 Å². The van der Waals surface area contributed by atoms with E-state index in [-0.39, 0.29) is 30.1 Å². The molecule has 0 aromatic heterocycles. The SMILES string of the molecule is CC(C)(C)C(CCO)NC(=O)NC1COc2ccccc2C1. The van der Waals surface area contributed by atoms with Gasteiger partial charge >= 0.3 is 6.03 Å². The first-order chi connectivity index (χ1) is 10.4. The molecule has 1 aliphatic heterocycles. The van der Waals surface area contributed by atoms with Crippen molar-refractivity contribution in [1.29, 1.82) is 0 Å². The average molecular weight is 306 g/mol. The maximum Gasteiger partial charge on any atom is 0.315 e. The third-order valence-electron chi connectivity index (χ3n) is 3.98. The van der Waals surface area contributed by atoms with Gasteiger partial charge in [-0.25, -0.2) is 4.79 Å². The fourth-order valence-electron chi connectivity index (χ4n) is 2.66. The van der Waals surface area contributed by atoms with E-state index in [2.05, 4.69) is 10.6 Å². The summed E-state index contributed by atoms with van der Waals surface area (Å²) >= 11 is 0. The number of nitrogens with one attached hydrogen (secondary N) is 2. The van der Waals surface area contributed by atoms with Crippen LogP contribution in [0.5, 0.6) is 5.75 Å². The van der Waals surface area contributed by atoms with Gasteiger partial charge in [-0.15, -0.1) is 0 Å². The number of urea groups is 1. The molecular weight excluding hydrogens is 280 g/mol. The van der Waals surface area contributed by atoms with E-state index >= 15 is 0 Å². The molecule has 2 atom stereocenters. The van der Waals surface area contributed by atoms with Crippen molar-refractivity contribution < 1.29 is 14.6 Å². The average Bonchev–Trinajstić information content (AvgIpc) is 2.45. The summed E-state index contributed by atoms with van der Waals surface area (Å²) in [6, 6.07) is 7.57. The summed E-state index contributed by atoms with van der Waals surface area (Å²) in [5.74, 6) is 0.897. The molecule has 0 bridgehead atoms. The molecule has 0 saturated carbocycles. The molecule has 2 amide bonds. The summed E-state index contributed by atoms with van der Waals surface area (Å²) in [5.41, 5.74) is 1.01. The van der Waals surface area contributed by atoms with Crippen molar-refractivity contribution in [1.82, 2.24) is 10.6 Å². The first-order valence-corrected chi connectivity index (χ1v) is 7.78. The van der Waals surface area contributed by atoms with Gasteiger partial charge in [-0.05, 0) is 29.9 Å². The van der Waals surface area contributed by atoms with Gasteiger partial charge in [0.15, 0.2) is 0 Å². The molecule has 0 spiro atoms. The molecule has 2 rings (SSSR count). The fourth-order valence-corrected chi connectivity index (χ4v) is 2.66. The first-order valence-electron chi connectivity index (χ1n) is 7.78. The van der Waals surface area contributed by atoms with E-state index in [4.69, 9.17) is 9.84 Å². The number of ether oxygens (including phenoxy) is 1. The zero-order chi connectivity index (χ0) is 16.2. The molecule has 122 valence electrons. The van der Waals surface area contributed by atoms with Crippen molar-refractivity contribution >= 4 is 6.03 Å². The summed E-state index contributed by atoms with van der Waals surface area (Å²) in [4.78, 5) is 12.2. The van der Waals surface area contributed by atoms with Crippen LogP contribution in [0, 0.1) is 5.41 Å². The highest BCUT2D eigenvalue weighted by Gasteiger charge is 2.27. The predicted molar refractivity (Wildman–Crippen MR) is 86.0 cm³/mol. The van der Waals surface area contributed by atoms with Crippen molar-refractivity contribution in [2.75, 3.05) is 13.2 Å². The number of para-hydroxylation sites is 1. The molecule has 0 fully saturated rings. The van der Waals surface area contributed by atoms with E-state index in [9.17, 15) is 4.79 Å². The van der Waals surface area contributed by atoms with Gasteiger partial charge in [-0.3, -0.25) is 0 Å². The zero-order valence-corrected chi connectivity index (χ0v) is 13.6. The van der Waals surface area contributed by atoms with Crippen LogP contribution in [0.1, 0.15) is 32.8 Å². The summed E-state index contributed by atoms with van der Waals surface area (Å²) in [6.45, 7) is 6.68. The number of carbonyl (C=O) groups is 1. The van der Waals surface area contributed by atoms with Gasteiger partial charge < -0.3 is 20.5 Å².